The van der Waals surface area contributed by atoms with Crippen molar-refractivity contribution in [3.63, 3.8) is 0 Å². The summed E-state index contributed by atoms with van der Waals surface area (Å²) in [6, 6.07) is -1.19. The van der Waals surface area contributed by atoms with Crippen LogP contribution in [0.1, 0.15) is 28.6 Å². The maximum Gasteiger partial charge on any atom is 0.315 e. The number of nitrogens with zero attached hydrogens (tertiary/aromatic N) is 3. The number of nitrogens with one attached hydrogen (secondary N) is 1. The third-order valence-corrected chi connectivity index (χ3v) is 4.78. The summed E-state index contributed by atoms with van der Waals surface area (Å²) in [5.41, 5.74) is 9.10. The smallest absolute Gasteiger partial charge is 0.315 e. The molecular weight excluding hydrogens is 370 g/mol. The minimum absolute atomic E-state index is 0.117. The Morgan fingerprint density at radius 3 is 2.74 bits per heavy atom. The number of carbonyl (C=O) groups is 1. The third kappa shape index (κ3) is 2.82. The van der Waals surface area contributed by atoms with Crippen molar-refractivity contribution < 1.29 is 27.2 Å². The average Bonchev–Trinajstić information content (AvgIpc) is 2.88. The van der Waals surface area contributed by atoms with Crippen molar-refractivity contribution in [1.82, 2.24) is 20.2 Å². The summed E-state index contributed by atoms with van der Waals surface area (Å²) < 4.78 is 56.8. The molecule has 0 fully saturated rings. The number of primary amides is 1. The number of hydroxylamine groups is 1. The number of urea groups is 1. The minimum Gasteiger partial charge on any atom is -0.351 e. The molecule has 1 aromatic carbocycles. The van der Waals surface area contributed by atoms with E-state index >= 15 is 0 Å². The van der Waals surface area contributed by atoms with Crippen LogP contribution in [0.25, 0.3) is 0 Å². The number of halogens is 4. The fraction of sp³-hybridized carbons (Fsp3) is 0.375. The van der Waals surface area contributed by atoms with Crippen molar-refractivity contribution in [2.45, 2.75) is 25.6 Å². The summed E-state index contributed by atoms with van der Waals surface area (Å²) in [4.78, 5) is 18.1. The number of aromatic nitrogens is 2. The second kappa shape index (κ2) is 6.50. The van der Waals surface area contributed by atoms with E-state index in [1.165, 1.54) is 4.90 Å². The molecule has 1 atom stereocenters. The number of carbonyl (C=O) groups excluding carboxylic acids is 1. The largest absolute Gasteiger partial charge is 0.351 e. The molecule has 0 spiro atoms. The predicted octanol–water partition coefficient (Wildman–Crippen LogP) is 1.50. The zero-order valence-corrected chi connectivity index (χ0v) is 13.9. The van der Waals surface area contributed by atoms with E-state index in [2.05, 4.69) is 10.6 Å². The first-order chi connectivity index (χ1) is 12.9. The van der Waals surface area contributed by atoms with E-state index in [4.69, 9.17) is 10.6 Å². The van der Waals surface area contributed by atoms with Gasteiger partial charge in [0.15, 0.2) is 23.3 Å². The molecule has 3 N–H and O–H groups in total. The Labute approximate surface area is 150 Å². The van der Waals surface area contributed by atoms with Gasteiger partial charge in [-0.3, -0.25) is 9.52 Å². The molecule has 0 saturated carbocycles. The van der Waals surface area contributed by atoms with Gasteiger partial charge >= 0.3 is 6.03 Å². The fourth-order valence-electron chi connectivity index (χ4n) is 3.47. The molecule has 2 aliphatic heterocycles. The zero-order valence-electron chi connectivity index (χ0n) is 13.9. The number of benzene rings is 1. The number of nitrogens with two attached hydrogens (primary N) is 1. The molecule has 27 heavy (non-hydrogen) atoms. The Balaban J connectivity index is 1.87. The molecule has 0 aliphatic carbocycles. The minimum atomic E-state index is -1.91. The molecule has 2 amide bonds. The van der Waals surface area contributed by atoms with Gasteiger partial charge in [0.05, 0.1) is 31.1 Å². The van der Waals surface area contributed by atoms with E-state index in [1.54, 1.807) is 4.68 Å². The molecule has 1 unspecified atom stereocenters. The summed E-state index contributed by atoms with van der Waals surface area (Å²) in [5, 5.41) is 4.45. The second-order valence-electron chi connectivity index (χ2n) is 6.33. The Morgan fingerprint density at radius 1 is 1.22 bits per heavy atom. The van der Waals surface area contributed by atoms with Crippen molar-refractivity contribution in [3.8, 4) is 0 Å². The van der Waals surface area contributed by atoms with E-state index in [0.29, 0.717) is 42.5 Å². The van der Waals surface area contributed by atoms with Gasteiger partial charge in [-0.25, -0.2) is 22.4 Å². The topological polar surface area (TPSA) is 85.4 Å². The maximum atomic E-state index is 14.4. The third-order valence-electron chi connectivity index (χ3n) is 4.78. The van der Waals surface area contributed by atoms with Crippen molar-refractivity contribution in [1.29, 1.82) is 0 Å². The van der Waals surface area contributed by atoms with Crippen LogP contribution in [0.2, 0.25) is 0 Å². The van der Waals surface area contributed by atoms with Crippen LogP contribution in [-0.4, -0.2) is 33.9 Å². The molecule has 0 bridgehead atoms. The molecule has 2 aliphatic rings. The second-order valence-corrected chi connectivity index (χ2v) is 6.33. The summed E-state index contributed by atoms with van der Waals surface area (Å²) >= 11 is 0. The van der Waals surface area contributed by atoms with E-state index in [0.717, 1.165) is 0 Å². The van der Waals surface area contributed by atoms with Gasteiger partial charge in [-0.15, -0.1) is 0 Å². The quantitative estimate of drug-likeness (QED) is 0.443. The molecule has 11 heteroatoms. The van der Waals surface area contributed by atoms with Gasteiger partial charge in [0, 0.05) is 24.1 Å². The number of hydrogen-bond donors (Lipinski definition) is 2. The summed E-state index contributed by atoms with van der Waals surface area (Å²) in [5.74, 6) is -6.84. The van der Waals surface area contributed by atoms with Gasteiger partial charge in [-0.05, 0) is 6.07 Å². The monoisotopic (exact) mass is 385 g/mol. The standard InChI is InChI=1S/C16H15F4N5O2/c17-9-5-7(11(18)13(20)12(9)19)14-15-8-6-24(16(21)26)2-1-10(8)22-25(15)3-4-27-23-14/h5,14,23H,1-4,6H2,(H2,21,26). The van der Waals surface area contributed by atoms with Gasteiger partial charge < -0.3 is 10.6 Å². The van der Waals surface area contributed by atoms with Crippen LogP contribution in [0, 0.1) is 23.3 Å². The van der Waals surface area contributed by atoms with Gasteiger partial charge in [0.25, 0.3) is 0 Å². The van der Waals surface area contributed by atoms with Gasteiger partial charge in [0.1, 0.15) is 6.04 Å². The highest BCUT2D eigenvalue weighted by molar-refractivity contribution is 5.72. The summed E-state index contributed by atoms with van der Waals surface area (Å²) in [6.45, 7) is 0.959. The molecule has 144 valence electrons. The van der Waals surface area contributed by atoms with Gasteiger partial charge in [-0.2, -0.15) is 10.6 Å². The van der Waals surface area contributed by atoms with Gasteiger partial charge in [0.2, 0.25) is 0 Å². The molecule has 2 aromatic rings. The van der Waals surface area contributed by atoms with Crippen LogP contribution in [0.15, 0.2) is 6.07 Å². The fourth-order valence-corrected chi connectivity index (χ4v) is 3.47. The van der Waals surface area contributed by atoms with Crippen molar-refractivity contribution in [2.75, 3.05) is 13.2 Å². The SMILES string of the molecule is NC(=O)N1CCc2nn3c(c2C1)C(c1cc(F)c(F)c(F)c1F)NOCC3. The van der Waals surface area contributed by atoms with E-state index < -0.39 is 40.9 Å². The van der Waals surface area contributed by atoms with E-state index in [1.807, 2.05) is 0 Å². The number of amides is 2. The number of rotatable bonds is 1. The number of hydrogen-bond acceptors (Lipinski definition) is 4. The van der Waals surface area contributed by atoms with Crippen LogP contribution in [-0.2, 0) is 24.3 Å². The highest BCUT2D eigenvalue weighted by Gasteiger charge is 2.35. The van der Waals surface area contributed by atoms with Crippen molar-refractivity contribution in [2.24, 2.45) is 5.73 Å². The lowest BCUT2D eigenvalue weighted by atomic mass is 9.96. The lowest BCUT2D eigenvalue weighted by Crippen LogP contribution is -2.40. The Hall–Kier alpha value is -2.66. The Kier molecular flexibility index (Phi) is 4.27. The molecule has 0 radical (unpaired) electrons. The average molecular weight is 385 g/mol. The molecule has 1 aromatic heterocycles. The first-order valence-electron chi connectivity index (χ1n) is 8.21. The van der Waals surface area contributed by atoms with Crippen LogP contribution >= 0.6 is 0 Å². The highest BCUT2D eigenvalue weighted by atomic mass is 19.2. The van der Waals surface area contributed by atoms with Crippen LogP contribution < -0.4 is 11.2 Å². The maximum absolute atomic E-state index is 14.4. The molecule has 7 nitrogen and oxygen atoms in total. The molecular formula is C16H15F4N5O2. The highest BCUT2D eigenvalue weighted by Crippen LogP contribution is 2.34. The Morgan fingerprint density at radius 2 is 2.00 bits per heavy atom. The normalized spacial score (nSPS) is 19.4. The summed E-state index contributed by atoms with van der Waals surface area (Å²) in [6.07, 6.45) is 0.431. The van der Waals surface area contributed by atoms with E-state index in [-0.39, 0.29) is 13.2 Å². The first kappa shape index (κ1) is 17.7. The lowest BCUT2D eigenvalue weighted by Gasteiger charge is -2.26. The van der Waals surface area contributed by atoms with Crippen molar-refractivity contribution >= 4 is 6.03 Å². The first-order valence-corrected chi connectivity index (χ1v) is 8.21. The van der Waals surface area contributed by atoms with Crippen LogP contribution in [0.3, 0.4) is 0 Å². The summed E-state index contributed by atoms with van der Waals surface area (Å²) in [7, 11) is 0. The van der Waals surface area contributed by atoms with E-state index in [9.17, 15) is 22.4 Å². The van der Waals surface area contributed by atoms with Gasteiger partial charge in [-0.1, -0.05) is 0 Å². The lowest BCUT2D eigenvalue weighted by molar-refractivity contribution is 0.0284. The molecule has 3 heterocycles. The van der Waals surface area contributed by atoms with Crippen LogP contribution in [0.5, 0.6) is 0 Å². The Bertz CT molecular complexity index is 932. The number of fused-ring (bicyclic) bond motifs is 3. The van der Waals surface area contributed by atoms with Crippen LogP contribution in [0.4, 0.5) is 22.4 Å². The van der Waals surface area contributed by atoms with Crippen molar-refractivity contribution in [3.05, 3.63) is 51.9 Å². The predicted molar refractivity (Wildman–Crippen MR) is 83.1 cm³/mol. The molecule has 0 saturated heterocycles. The zero-order chi connectivity index (χ0) is 19.3. The molecule has 4 rings (SSSR count).